The average Bonchev–Trinajstić information content (AvgIpc) is 3.08. The third kappa shape index (κ3) is 5.80. The van der Waals surface area contributed by atoms with Gasteiger partial charge in [-0.25, -0.2) is 14.4 Å². The largest absolute Gasteiger partial charge is 0.366 e. The van der Waals surface area contributed by atoms with Crippen molar-refractivity contribution in [3.05, 3.63) is 59.9 Å². The van der Waals surface area contributed by atoms with Crippen molar-refractivity contribution in [1.29, 1.82) is 0 Å². The van der Waals surface area contributed by atoms with Gasteiger partial charge in [0.05, 0.1) is 18.3 Å². The number of hydrazine groups is 1. The summed E-state index contributed by atoms with van der Waals surface area (Å²) in [6.45, 7) is 5.91. The average molecular weight is 458 g/mol. The number of nitrogens with one attached hydrogen (secondary N) is 1. The zero-order chi connectivity index (χ0) is 23.4. The Labute approximate surface area is 194 Å². The first-order valence-corrected chi connectivity index (χ1v) is 11.3. The number of aliphatic hydroxyl groups excluding tert-OH is 1. The molecule has 2 aromatic carbocycles. The number of aliphatic hydroxyl groups is 1. The van der Waals surface area contributed by atoms with Crippen molar-refractivity contribution in [2.24, 2.45) is 0 Å². The van der Waals surface area contributed by atoms with E-state index in [2.05, 4.69) is 39.4 Å². The maximum atomic E-state index is 15.2. The highest BCUT2D eigenvalue weighted by atomic mass is 19.1. The van der Waals surface area contributed by atoms with Crippen molar-refractivity contribution < 1.29 is 19.0 Å². The molecule has 2 aliphatic rings. The Morgan fingerprint density at radius 3 is 2.64 bits per heavy atom. The van der Waals surface area contributed by atoms with Gasteiger partial charge in [0.1, 0.15) is 5.82 Å². The third-order valence-corrected chi connectivity index (χ3v) is 6.18. The maximum absolute atomic E-state index is 15.2. The van der Waals surface area contributed by atoms with Crippen LogP contribution in [0.25, 0.3) is 0 Å². The number of ether oxygens (including phenoxy) is 1. The molecule has 2 N–H and O–H groups in total. The molecular weight excluding hydrogens is 425 g/mol. The first-order chi connectivity index (χ1) is 15.9. The topological polar surface area (TPSA) is 71.5 Å². The Balaban J connectivity index is 1.40. The highest BCUT2D eigenvalue weighted by molar-refractivity contribution is 5.72. The number of likely N-dealkylation sites (N-methyl/N-ethyl adjacent to an activating group) is 1. The van der Waals surface area contributed by atoms with Crippen LogP contribution in [0.4, 0.5) is 15.8 Å². The monoisotopic (exact) mass is 457 g/mol. The maximum Gasteiger partial charge on any atom is 0.238 e. The second kappa shape index (κ2) is 10.5. The van der Waals surface area contributed by atoms with Crippen LogP contribution in [0, 0.1) is 5.82 Å². The van der Waals surface area contributed by atoms with Crippen LogP contribution in [-0.2, 0) is 16.1 Å². The minimum absolute atomic E-state index is 0.160. The van der Waals surface area contributed by atoms with E-state index in [0.29, 0.717) is 37.6 Å². The van der Waals surface area contributed by atoms with E-state index >= 15 is 4.39 Å². The molecule has 2 atom stereocenters. The number of amides is 1. The Hall–Kier alpha value is -2.72. The molecule has 0 saturated carbocycles. The predicted octanol–water partition coefficient (Wildman–Crippen LogP) is 1.61. The molecule has 1 amide bonds. The Bertz CT molecular complexity index is 947. The van der Waals surface area contributed by atoms with Crippen molar-refractivity contribution in [2.45, 2.75) is 26.0 Å². The molecule has 4 rings (SSSR count). The van der Waals surface area contributed by atoms with Crippen LogP contribution in [0.3, 0.4) is 0 Å². The lowest BCUT2D eigenvalue weighted by Crippen LogP contribution is -2.40. The normalized spacial score (nSPS) is 22.4. The van der Waals surface area contributed by atoms with E-state index in [0.717, 1.165) is 19.6 Å². The summed E-state index contributed by atoms with van der Waals surface area (Å²) in [5.74, 6) is -0.489. The molecule has 0 radical (unpaired) electrons. The van der Waals surface area contributed by atoms with E-state index in [1.54, 1.807) is 11.0 Å². The van der Waals surface area contributed by atoms with Crippen LogP contribution in [0.2, 0.25) is 0 Å². The summed E-state index contributed by atoms with van der Waals surface area (Å²) in [7, 11) is 2.07. The van der Waals surface area contributed by atoms with Crippen molar-refractivity contribution >= 4 is 17.3 Å². The second-order valence-electron chi connectivity index (χ2n) is 8.55. The van der Waals surface area contributed by atoms with Crippen molar-refractivity contribution in [3.63, 3.8) is 0 Å². The summed E-state index contributed by atoms with van der Waals surface area (Å²) in [4.78, 5) is 14.8. The van der Waals surface area contributed by atoms with E-state index in [9.17, 15) is 9.90 Å². The summed E-state index contributed by atoms with van der Waals surface area (Å²) in [5.41, 5.74) is 2.35. The lowest BCUT2D eigenvalue weighted by Gasteiger charge is -2.29. The smallest absolute Gasteiger partial charge is 0.238 e. The highest BCUT2D eigenvalue weighted by Crippen LogP contribution is 2.29. The fourth-order valence-corrected chi connectivity index (χ4v) is 4.29. The van der Waals surface area contributed by atoms with Crippen LogP contribution in [0.5, 0.6) is 0 Å². The van der Waals surface area contributed by atoms with E-state index in [-0.39, 0.29) is 17.8 Å². The zero-order valence-corrected chi connectivity index (χ0v) is 19.2. The zero-order valence-electron chi connectivity index (χ0n) is 19.2. The fourth-order valence-electron chi connectivity index (χ4n) is 4.29. The Morgan fingerprint density at radius 1 is 1.15 bits per heavy atom. The molecule has 0 bridgehead atoms. The van der Waals surface area contributed by atoms with Gasteiger partial charge in [0, 0.05) is 58.9 Å². The molecule has 2 saturated heterocycles. The number of hydrogen-bond donors (Lipinski definition) is 2. The van der Waals surface area contributed by atoms with Gasteiger partial charge in [-0.2, -0.15) is 0 Å². The summed E-state index contributed by atoms with van der Waals surface area (Å²) < 4.78 is 20.6. The first-order valence-electron chi connectivity index (χ1n) is 11.3. The fraction of sp³-hybridized carbons (Fsp3) is 0.458. The van der Waals surface area contributed by atoms with Gasteiger partial charge in [0.2, 0.25) is 12.3 Å². The predicted molar refractivity (Wildman–Crippen MR) is 125 cm³/mol. The first kappa shape index (κ1) is 23.4. The molecule has 0 spiro atoms. The number of benzene rings is 2. The van der Waals surface area contributed by atoms with Gasteiger partial charge in [-0.15, -0.1) is 0 Å². The number of hydrogen-bond acceptors (Lipinski definition) is 7. The SMILES string of the molecule is CC(=O)NC[C@H]1CN(c2ccc(N3CCN(C)N(Cc4ccccc4)CC3)c(F)c2)C(O)O1. The molecule has 0 aromatic heterocycles. The molecule has 0 aliphatic carbocycles. The summed E-state index contributed by atoms with van der Waals surface area (Å²) in [5, 5.41) is 17.4. The summed E-state index contributed by atoms with van der Waals surface area (Å²) >= 11 is 0. The Kier molecular flexibility index (Phi) is 7.44. The van der Waals surface area contributed by atoms with Crippen LogP contribution >= 0.6 is 0 Å². The van der Waals surface area contributed by atoms with E-state index in [4.69, 9.17) is 4.74 Å². The number of rotatable bonds is 6. The van der Waals surface area contributed by atoms with Crippen LogP contribution in [0.1, 0.15) is 12.5 Å². The van der Waals surface area contributed by atoms with Gasteiger partial charge in [0.25, 0.3) is 0 Å². The lowest BCUT2D eigenvalue weighted by atomic mass is 10.2. The van der Waals surface area contributed by atoms with E-state index in [1.807, 2.05) is 24.3 Å². The molecule has 9 heteroatoms. The minimum Gasteiger partial charge on any atom is -0.366 e. The number of carbonyl (C=O) groups is 1. The quantitative estimate of drug-likeness (QED) is 0.683. The van der Waals surface area contributed by atoms with Crippen molar-refractivity contribution in [2.75, 3.05) is 56.1 Å². The van der Waals surface area contributed by atoms with Crippen molar-refractivity contribution in [3.8, 4) is 0 Å². The van der Waals surface area contributed by atoms with Gasteiger partial charge in [-0.3, -0.25) is 4.79 Å². The molecule has 2 aromatic rings. The second-order valence-corrected chi connectivity index (χ2v) is 8.55. The number of halogens is 1. The molecule has 33 heavy (non-hydrogen) atoms. The lowest BCUT2D eigenvalue weighted by molar-refractivity contribution is -0.121. The molecule has 178 valence electrons. The summed E-state index contributed by atoms with van der Waals surface area (Å²) in [6, 6.07) is 15.4. The molecule has 1 unspecified atom stereocenters. The highest BCUT2D eigenvalue weighted by Gasteiger charge is 2.32. The standard InChI is InChI=1S/C24H32FN5O3/c1-18(31)26-15-21-17-30(24(32)33-21)20-8-9-23(22(25)14-20)28-11-10-27(2)29(13-12-28)16-19-6-4-3-5-7-19/h3-9,14,21,24,32H,10-13,15-17H2,1-2H3,(H,26,31)/t21-,24?/m0/s1. The van der Waals surface area contributed by atoms with Crippen LogP contribution in [0.15, 0.2) is 48.5 Å². The van der Waals surface area contributed by atoms with Crippen molar-refractivity contribution in [1.82, 2.24) is 15.3 Å². The number of nitrogens with zero attached hydrogens (tertiary/aromatic N) is 4. The number of anilines is 2. The molecule has 2 fully saturated rings. The molecule has 8 nitrogen and oxygen atoms in total. The van der Waals surface area contributed by atoms with Gasteiger partial charge in [0.15, 0.2) is 0 Å². The summed E-state index contributed by atoms with van der Waals surface area (Å²) in [6.07, 6.45) is -1.53. The van der Waals surface area contributed by atoms with Crippen LogP contribution in [-0.4, -0.2) is 79.9 Å². The van der Waals surface area contributed by atoms with Gasteiger partial charge in [-0.1, -0.05) is 30.3 Å². The van der Waals surface area contributed by atoms with Gasteiger partial charge >= 0.3 is 0 Å². The Morgan fingerprint density at radius 2 is 1.91 bits per heavy atom. The third-order valence-electron chi connectivity index (χ3n) is 6.18. The minimum atomic E-state index is -1.17. The number of carbonyl (C=O) groups excluding carboxylic acids is 1. The van der Waals surface area contributed by atoms with Gasteiger partial charge in [-0.05, 0) is 23.8 Å². The molecule has 2 aliphatic heterocycles. The molecular formula is C24H32FN5O3. The molecule has 2 heterocycles. The van der Waals surface area contributed by atoms with E-state index < -0.39 is 6.41 Å². The van der Waals surface area contributed by atoms with E-state index in [1.165, 1.54) is 18.6 Å². The van der Waals surface area contributed by atoms with Gasteiger partial charge < -0.3 is 25.0 Å². The van der Waals surface area contributed by atoms with Crippen LogP contribution < -0.4 is 15.1 Å².